The van der Waals surface area contributed by atoms with Crippen molar-refractivity contribution < 1.29 is 4.79 Å². The number of amides is 1. The van der Waals surface area contributed by atoms with E-state index in [-0.39, 0.29) is 5.41 Å². The molecular weight excluding hydrogens is 176 g/mol. The molecule has 0 radical (unpaired) electrons. The largest absolute Gasteiger partial charge is 0.342 e. The summed E-state index contributed by atoms with van der Waals surface area (Å²) in [5.74, 6) is 0.993. The van der Waals surface area contributed by atoms with Crippen LogP contribution in [0.4, 0.5) is 0 Å². The van der Waals surface area contributed by atoms with Gasteiger partial charge in [0.15, 0.2) is 0 Å². The van der Waals surface area contributed by atoms with Gasteiger partial charge in [-0.05, 0) is 31.6 Å². The molecule has 1 unspecified atom stereocenters. The summed E-state index contributed by atoms with van der Waals surface area (Å²) >= 11 is 0. The average molecular weight is 196 g/mol. The third kappa shape index (κ3) is 1.65. The van der Waals surface area contributed by atoms with E-state index in [0.717, 1.165) is 32.4 Å². The molecule has 1 atom stereocenters. The fraction of sp³-hybridized carbons (Fsp3) is 0.909. The molecule has 2 N–H and O–H groups in total. The molecule has 2 fully saturated rings. The second-order valence-corrected chi connectivity index (χ2v) is 4.98. The molecule has 80 valence electrons. The summed E-state index contributed by atoms with van der Waals surface area (Å²) < 4.78 is 0. The molecule has 0 spiro atoms. The van der Waals surface area contributed by atoms with Crippen LogP contribution in [0.2, 0.25) is 0 Å². The lowest BCUT2D eigenvalue weighted by Gasteiger charge is -2.33. The molecule has 0 bridgehead atoms. The first-order valence-electron chi connectivity index (χ1n) is 5.67. The molecular formula is C11H20N2O. The first kappa shape index (κ1) is 9.97. The minimum Gasteiger partial charge on any atom is -0.342 e. The number of likely N-dealkylation sites (tertiary alicyclic amines) is 1. The van der Waals surface area contributed by atoms with Crippen molar-refractivity contribution in [1.82, 2.24) is 4.90 Å². The van der Waals surface area contributed by atoms with Gasteiger partial charge in [0.05, 0.1) is 5.41 Å². The van der Waals surface area contributed by atoms with Gasteiger partial charge in [-0.2, -0.15) is 0 Å². The van der Waals surface area contributed by atoms with Crippen LogP contribution in [0.3, 0.4) is 0 Å². The summed E-state index contributed by atoms with van der Waals surface area (Å²) in [5, 5.41) is 0. The van der Waals surface area contributed by atoms with Gasteiger partial charge in [0.1, 0.15) is 0 Å². The predicted octanol–water partition coefficient (Wildman–Crippen LogP) is 0.984. The molecule has 14 heavy (non-hydrogen) atoms. The van der Waals surface area contributed by atoms with Gasteiger partial charge in [-0.15, -0.1) is 0 Å². The van der Waals surface area contributed by atoms with Crippen LogP contribution in [0, 0.1) is 11.3 Å². The Morgan fingerprint density at radius 2 is 2.29 bits per heavy atom. The lowest BCUT2D eigenvalue weighted by molar-refractivity contribution is -0.138. The summed E-state index contributed by atoms with van der Waals surface area (Å²) in [5.41, 5.74) is 5.52. The zero-order chi connectivity index (χ0) is 10.2. The number of rotatable bonds is 2. The van der Waals surface area contributed by atoms with Gasteiger partial charge in [0.25, 0.3) is 0 Å². The molecule has 0 aromatic carbocycles. The highest BCUT2D eigenvalue weighted by Crippen LogP contribution is 2.46. The second-order valence-electron chi connectivity index (χ2n) is 4.98. The highest BCUT2D eigenvalue weighted by atomic mass is 16.2. The summed E-state index contributed by atoms with van der Waals surface area (Å²) in [6, 6.07) is 0. The number of hydrogen-bond donors (Lipinski definition) is 1. The first-order valence-corrected chi connectivity index (χ1v) is 5.67. The molecule has 0 aromatic heterocycles. The van der Waals surface area contributed by atoms with E-state index in [9.17, 15) is 4.79 Å². The Labute approximate surface area is 85.6 Å². The smallest absolute Gasteiger partial charge is 0.230 e. The van der Waals surface area contributed by atoms with Crippen LogP contribution in [0.15, 0.2) is 0 Å². The fourth-order valence-electron chi connectivity index (χ4n) is 2.37. The van der Waals surface area contributed by atoms with E-state index in [1.807, 2.05) is 4.90 Å². The number of carbonyl (C=O) groups is 1. The van der Waals surface area contributed by atoms with E-state index in [0.29, 0.717) is 18.4 Å². The highest BCUT2D eigenvalue weighted by Gasteiger charge is 2.50. The van der Waals surface area contributed by atoms with Crippen LogP contribution >= 0.6 is 0 Å². The number of piperidine rings is 1. The van der Waals surface area contributed by atoms with Crippen molar-refractivity contribution in [2.24, 2.45) is 17.1 Å². The minimum absolute atomic E-state index is 0.142. The van der Waals surface area contributed by atoms with Gasteiger partial charge in [0.2, 0.25) is 5.91 Å². The second kappa shape index (κ2) is 3.54. The minimum atomic E-state index is -0.142. The highest BCUT2D eigenvalue weighted by molar-refractivity contribution is 5.85. The van der Waals surface area contributed by atoms with Crippen LogP contribution in [0.25, 0.3) is 0 Å². The van der Waals surface area contributed by atoms with Crippen LogP contribution in [0.1, 0.15) is 32.6 Å². The maximum atomic E-state index is 12.1. The SMILES string of the molecule is CC1CCCN(C(=O)C2(CN)CC2)C1. The van der Waals surface area contributed by atoms with E-state index in [1.165, 1.54) is 6.42 Å². The van der Waals surface area contributed by atoms with Gasteiger partial charge < -0.3 is 10.6 Å². The van der Waals surface area contributed by atoms with Crippen molar-refractivity contribution in [1.29, 1.82) is 0 Å². The number of nitrogens with two attached hydrogens (primary N) is 1. The van der Waals surface area contributed by atoms with Crippen molar-refractivity contribution >= 4 is 5.91 Å². The zero-order valence-electron chi connectivity index (χ0n) is 8.96. The maximum absolute atomic E-state index is 12.1. The standard InChI is InChI=1S/C11H20N2O/c1-9-3-2-6-13(7-9)10(14)11(8-12)4-5-11/h9H,2-8,12H2,1H3. The lowest BCUT2D eigenvalue weighted by Crippen LogP contribution is -2.45. The maximum Gasteiger partial charge on any atom is 0.230 e. The predicted molar refractivity (Wildman–Crippen MR) is 55.7 cm³/mol. The molecule has 1 aliphatic carbocycles. The zero-order valence-corrected chi connectivity index (χ0v) is 8.96. The Hall–Kier alpha value is -0.570. The van der Waals surface area contributed by atoms with Gasteiger partial charge in [-0.1, -0.05) is 6.92 Å². The van der Waals surface area contributed by atoms with E-state index in [4.69, 9.17) is 5.73 Å². The Kier molecular flexibility index (Phi) is 2.52. The molecule has 1 saturated carbocycles. The fourth-order valence-corrected chi connectivity index (χ4v) is 2.37. The van der Waals surface area contributed by atoms with Gasteiger partial charge >= 0.3 is 0 Å². The van der Waals surface area contributed by atoms with Crippen molar-refractivity contribution in [3.8, 4) is 0 Å². The lowest BCUT2D eigenvalue weighted by atomic mass is 9.97. The van der Waals surface area contributed by atoms with Crippen LogP contribution in [-0.4, -0.2) is 30.4 Å². The van der Waals surface area contributed by atoms with E-state index in [2.05, 4.69) is 6.92 Å². The molecule has 0 aromatic rings. The van der Waals surface area contributed by atoms with Crippen molar-refractivity contribution in [2.45, 2.75) is 32.6 Å². The molecule has 1 amide bonds. The Bertz CT molecular complexity index is 235. The van der Waals surface area contributed by atoms with E-state index < -0.39 is 0 Å². The third-order valence-electron chi connectivity index (χ3n) is 3.64. The molecule has 2 rings (SSSR count). The summed E-state index contributed by atoms with van der Waals surface area (Å²) in [7, 11) is 0. The van der Waals surface area contributed by atoms with E-state index in [1.54, 1.807) is 0 Å². The molecule has 1 heterocycles. The number of carbonyl (C=O) groups excluding carboxylic acids is 1. The van der Waals surface area contributed by atoms with Gasteiger partial charge in [0, 0.05) is 19.6 Å². The van der Waals surface area contributed by atoms with Gasteiger partial charge in [-0.25, -0.2) is 0 Å². The topological polar surface area (TPSA) is 46.3 Å². The molecule has 3 nitrogen and oxygen atoms in total. The monoisotopic (exact) mass is 196 g/mol. The van der Waals surface area contributed by atoms with Gasteiger partial charge in [-0.3, -0.25) is 4.79 Å². The van der Waals surface area contributed by atoms with Crippen LogP contribution in [0.5, 0.6) is 0 Å². The summed E-state index contributed by atoms with van der Waals surface area (Å²) in [6.45, 7) is 4.66. The van der Waals surface area contributed by atoms with Crippen molar-refractivity contribution in [3.05, 3.63) is 0 Å². The van der Waals surface area contributed by atoms with E-state index >= 15 is 0 Å². The average Bonchev–Trinajstić information content (AvgIpc) is 2.97. The Balaban J connectivity index is 1.97. The quantitative estimate of drug-likeness (QED) is 0.715. The molecule has 3 heteroatoms. The summed E-state index contributed by atoms with van der Waals surface area (Å²) in [6.07, 6.45) is 4.44. The molecule has 1 aliphatic heterocycles. The van der Waals surface area contributed by atoms with Crippen LogP contribution < -0.4 is 5.73 Å². The number of nitrogens with zero attached hydrogens (tertiary/aromatic N) is 1. The molecule has 1 saturated heterocycles. The Morgan fingerprint density at radius 3 is 2.79 bits per heavy atom. The van der Waals surface area contributed by atoms with Crippen LogP contribution in [-0.2, 0) is 4.79 Å². The normalized spacial score (nSPS) is 30.1. The van der Waals surface area contributed by atoms with Crippen molar-refractivity contribution in [2.75, 3.05) is 19.6 Å². The third-order valence-corrected chi connectivity index (χ3v) is 3.64. The number of hydrogen-bond acceptors (Lipinski definition) is 2. The Morgan fingerprint density at radius 1 is 1.57 bits per heavy atom. The first-order chi connectivity index (χ1) is 6.68. The molecule has 2 aliphatic rings. The summed E-state index contributed by atoms with van der Waals surface area (Å²) in [4.78, 5) is 14.1. The van der Waals surface area contributed by atoms with Crippen molar-refractivity contribution in [3.63, 3.8) is 0 Å².